The number of carbonyl (C=O) groups is 5. The highest BCUT2D eigenvalue weighted by Crippen LogP contribution is 2.25. The first kappa shape index (κ1) is 33.6. The topological polar surface area (TPSA) is 167 Å². The second-order valence-corrected chi connectivity index (χ2v) is 10.1. The molecule has 2 aromatic rings. The minimum Gasteiger partial charge on any atom is -0.497 e. The lowest BCUT2D eigenvalue weighted by Crippen LogP contribution is -2.64. The summed E-state index contributed by atoms with van der Waals surface area (Å²) in [5.74, 6) is -2.69. The van der Waals surface area contributed by atoms with Gasteiger partial charge in [-0.1, -0.05) is 42.4 Å². The first-order chi connectivity index (χ1) is 21.2. The zero-order chi connectivity index (χ0) is 32.1. The van der Waals surface area contributed by atoms with Crippen LogP contribution >= 0.6 is 0 Å². The van der Waals surface area contributed by atoms with E-state index in [1.165, 1.54) is 24.8 Å². The number of aryl methyl sites for hydroxylation is 1. The average molecular weight is 610 g/mol. The third kappa shape index (κ3) is 9.28. The molecule has 13 heteroatoms. The van der Waals surface area contributed by atoms with Crippen molar-refractivity contribution in [2.75, 3.05) is 20.8 Å². The third-order valence-corrected chi connectivity index (χ3v) is 7.14. The summed E-state index contributed by atoms with van der Waals surface area (Å²) >= 11 is 0. The number of ether oxygens (including phenoxy) is 1. The Bertz CT molecular complexity index is 1320. The predicted molar refractivity (Wildman–Crippen MR) is 161 cm³/mol. The van der Waals surface area contributed by atoms with Crippen molar-refractivity contribution < 1.29 is 38.7 Å². The van der Waals surface area contributed by atoms with Crippen LogP contribution in [0.2, 0.25) is 0 Å². The van der Waals surface area contributed by atoms with Crippen LogP contribution in [0.25, 0.3) is 0 Å². The number of oxime groups is 1. The summed E-state index contributed by atoms with van der Waals surface area (Å²) in [5.41, 5.74) is 1.71. The number of benzene rings is 2. The summed E-state index contributed by atoms with van der Waals surface area (Å²) in [4.78, 5) is 68.0. The maximum Gasteiger partial charge on any atom is 0.305 e. The van der Waals surface area contributed by atoms with Crippen LogP contribution in [0.5, 0.6) is 5.75 Å². The summed E-state index contributed by atoms with van der Waals surface area (Å²) in [5, 5.41) is 20.2. The van der Waals surface area contributed by atoms with Crippen LogP contribution in [0.4, 0.5) is 0 Å². The van der Waals surface area contributed by atoms with Gasteiger partial charge < -0.3 is 25.3 Å². The molecule has 236 valence electrons. The first-order valence-corrected chi connectivity index (χ1v) is 14.4. The molecule has 0 spiro atoms. The number of aliphatic carboxylic acids is 1. The van der Waals surface area contributed by atoms with Crippen LogP contribution in [0, 0.1) is 0 Å². The molecule has 2 aromatic carbocycles. The fourth-order valence-corrected chi connectivity index (χ4v) is 4.85. The van der Waals surface area contributed by atoms with Gasteiger partial charge in [-0.05, 0) is 55.5 Å². The van der Waals surface area contributed by atoms with E-state index in [0.29, 0.717) is 17.7 Å². The van der Waals surface area contributed by atoms with E-state index in [1.54, 1.807) is 24.3 Å². The molecule has 0 aromatic heterocycles. The summed E-state index contributed by atoms with van der Waals surface area (Å²) < 4.78 is 5.09. The molecule has 44 heavy (non-hydrogen) atoms. The normalized spacial score (nSPS) is 18.7. The van der Waals surface area contributed by atoms with Gasteiger partial charge >= 0.3 is 5.97 Å². The lowest BCUT2D eigenvalue weighted by molar-refractivity contribution is -0.176. The Hall–Kier alpha value is -4.94. The molecular weight excluding hydrogens is 570 g/mol. The summed E-state index contributed by atoms with van der Waals surface area (Å²) in [6.07, 6.45) is 2.62. The van der Waals surface area contributed by atoms with Gasteiger partial charge in [-0.2, -0.15) is 0 Å². The molecule has 0 saturated carbocycles. The molecule has 0 bridgehead atoms. The number of rotatable bonds is 10. The van der Waals surface area contributed by atoms with Crippen LogP contribution in [0.3, 0.4) is 0 Å². The summed E-state index contributed by atoms with van der Waals surface area (Å²) in [7, 11) is 2.78. The number of hydrogen-bond acceptors (Lipinski definition) is 8. The van der Waals surface area contributed by atoms with Gasteiger partial charge in [-0.25, -0.2) is 5.01 Å². The van der Waals surface area contributed by atoms with E-state index in [4.69, 9.17) is 9.84 Å². The zero-order valence-electron chi connectivity index (χ0n) is 25.1. The molecule has 4 rings (SSSR count). The van der Waals surface area contributed by atoms with E-state index in [-0.39, 0.29) is 31.7 Å². The summed E-state index contributed by atoms with van der Waals surface area (Å²) in [6, 6.07) is 13.7. The van der Waals surface area contributed by atoms with E-state index in [1.807, 2.05) is 6.07 Å². The van der Waals surface area contributed by atoms with Crippen molar-refractivity contribution in [2.45, 2.75) is 63.6 Å². The number of carboxylic acids is 1. The molecule has 0 radical (unpaired) electrons. The van der Waals surface area contributed by atoms with E-state index in [0.717, 1.165) is 17.6 Å². The number of nitrogens with one attached hydrogen (secondary N) is 2. The van der Waals surface area contributed by atoms with Crippen molar-refractivity contribution in [1.29, 1.82) is 0 Å². The highest BCUT2D eigenvalue weighted by molar-refractivity contribution is 6.00. The second-order valence-electron chi connectivity index (χ2n) is 10.1. The van der Waals surface area contributed by atoms with E-state index in [2.05, 4.69) is 51.8 Å². The van der Waals surface area contributed by atoms with Crippen molar-refractivity contribution >= 4 is 35.8 Å². The molecule has 2 aliphatic heterocycles. The molecule has 2 saturated heterocycles. The standard InChI is InChI=1S/C23H29N5O8.C8H10/c1-35-16-7-5-14(6-8-16)21(32)26-17-9-10-19(29)27-11-3-4-18(28(27)23(17)34)22(33)25-15(12-20(30)31)13-24-36-2;1-2-8-6-4-3-5-7-8/h5-8,13,15,17-18H,3-4,9-12H2,1-2H3,(H,25,33)(H,26,32)(H,30,31);3-7H,2H2,1H3/b24-13-;/t15-,17-,18-;/m0./s1. The van der Waals surface area contributed by atoms with Crippen LogP contribution in [-0.4, -0.2) is 89.8 Å². The number of hydrazine groups is 1. The van der Waals surface area contributed by atoms with E-state index < -0.39 is 48.2 Å². The predicted octanol–water partition coefficient (Wildman–Crippen LogP) is 2.16. The maximum absolute atomic E-state index is 13.5. The Morgan fingerprint density at radius 1 is 1.07 bits per heavy atom. The lowest BCUT2D eigenvalue weighted by atomic mass is 10.0. The molecule has 2 fully saturated rings. The van der Waals surface area contributed by atoms with Crippen molar-refractivity contribution in [3.63, 3.8) is 0 Å². The third-order valence-electron chi connectivity index (χ3n) is 7.14. The van der Waals surface area contributed by atoms with E-state index >= 15 is 0 Å². The molecule has 4 amide bonds. The smallest absolute Gasteiger partial charge is 0.305 e. The molecule has 13 nitrogen and oxygen atoms in total. The maximum atomic E-state index is 13.5. The Morgan fingerprint density at radius 3 is 2.36 bits per heavy atom. The van der Waals surface area contributed by atoms with Crippen molar-refractivity contribution in [3.05, 3.63) is 65.7 Å². The lowest BCUT2D eigenvalue weighted by Gasteiger charge is -2.43. The number of carboxylic acid groups (broad SMARTS) is 1. The fourth-order valence-electron chi connectivity index (χ4n) is 4.85. The number of fused-ring (bicyclic) bond motifs is 1. The number of hydrogen-bond donors (Lipinski definition) is 3. The fraction of sp³-hybridized carbons (Fsp3) is 0.419. The molecule has 3 atom stereocenters. The number of nitrogens with zero attached hydrogens (tertiary/aromatic N) is 3. The van der Waals surface area contributed by atoms with Crippen molar-refractivity contribution in [3.8, 4) is 5.75 Å². The molecule has 0 unspecified atom stereocenters. The minimum atomic E-state index is -1.17. The van der Waals surface area contributed by atoms with Crippen molar-refractivity contribution in [2.24, 2.45) is 5.16 Å². The highest BCUT2D eigenvalue weighted by Gasteiger charge is 2.44. The zero-order valence-corrected chi connectivity index (χ0v) is 25.1. The number of carbonyl (C=O) groups excluding carboxylic acids is 4. The number of methoxy groups -OCH3 is 1. The quantitative estimate of drug-likeness (QED) is 0.272. The molecule has 2 aliphatic rings. The van der Waals surface area contributed by atoms with Gasteiger partial charge in [0.25, 0.3) is 11.8 Å². The van der Waals surface area contributed by atoms with Gasteiger partial charge in [0.1, 0.15) is 24.9 Å². The SMILES string of the molecule is CCc1ccccc1.CO/N=C\[C@H](CC(=O)O)NC(=O)[C@@H]1CCCN2C(=O)CC[C@H](NC(=O)c3ccc(OC)cc3)C(=O)N12. The minimum absolute atomic E-state index is 0.00622. The molecule has 2 heterocycles. The molecule has 0 aliphatic carbocycles. The van der Waals surface area contributed by atoms with Gasteiger partial charge in [-0.3, -0.25) is 29.0 Å². The highest BCUT2D eigenvalue weighted by atomic mass is 16.6. The summed E-state index contributed by atoms with van der Waals surface area (Å²) in [6.45, 7) is 2.41. The van der Waals surface area contributed by atoms with Crippen molar-refractivity contribution in [1.82, 2.24) is 20.7 Å². The van der Waals surface area contributed by atoms with Crippen LogP contribution in [0.1, 0.15) is 54.9 Å². The van der Waals surface area contributed by atoms with Gasteiger partial charge in [0.05, 0.1) is 25.8 Å². The van der Waals surface area contributed by atoms with Gasteiger partial charge in [0, 0.05) is 18.5 Å². The second kappa shape index (κ2) is 16.6. The average Bonchev–Trinajstić information content (AvgIpc) is 3.16. The Labute approximate surface area is 256 Å². The molecular formula is C31H39N5O8. The van der Waals surface area contributed by atoms with Crippen LogP contribution < -0.4 is 15.4 Å². The largest absolute Gasteiger partial charge is 0.497 e. The number of amides is 4. The Morgan fingerprint density at radius 2 is 1.77 bits per heavy atom. The van der Waals surface area contributed by atoms with Gasteiger partial charge in [-0.15, -0.1) is 0 Å². The van der Waals surface area contributed by atoms with Crippen LogP contribution in [-0.2, 0) is 30.4 Å². The first-order valence-electron chi connectivity index (χ1n) is 14.4. The Kier molecular flexibility index (Phi) is 12.7. The molecule has 3 N–H and O–H groups in total. The monoisotopic (exact) mass is 609 g/mol. The van der Waals surface area contributed by atoms with Crippen LogP contribution in [0.15, 0.2) is 59.8 Å². The Balaban J connectivity index is 0.000000572. The van der Waals surface area contributed by atoms with Gasteiger partial charge in [0.15, 0.2) is 0 Å². The van der Waals surface area contributed by atoms with Gasteiger partial charge in [0.2, 0.25) is 11.8 Å². The van der Waals surface area contributed by atoms with E-state index in [9.17, 15) is 24.0 Å².